The van der Waals surface area contributed by atoms with Crippen LogP contribution in [0.3, 0.4) is 0 Å². The van der Waals surface area contributed by atoms with E-state index in [0.717, 1.165) is 12.8 Å². The number of nitrogen functional groups attached to an aromatic ring is 1. The number of hydrogen-bond donors (Lipinski definition) is 1. The van der Waals surface area contributed by atoms with Crippen molar-refractivity contribution in [3.8, 4) is 11.5 Å². The Labute approximate surface area is 118 Å². The molecule has 1 aromatic heterocycles. The van der Waals surface area contributed by atoms with Crippen LogP contribution in [0, 0.1) is 0 Å². The molecule has 2 N–H and O–H groups in total. The fraction of sp³-hybridized carbons (Fsp3) is 0.333. The Kier molecular flexibility index (Phi) is 5.10. The van der Waals surface area contributed by atoms with Crippen molar-refractivity contribution in [3.63, 3.8) is 0 Å². The summed E-state index contributed by atoms with van der Waals surface area (Å²) < 4.78 is 11.3. The summed E-state index contributed by atoms with van der Waals surface area (Å²) >= 11 is 1.74. The molecule has 0 radical (unpaired) electrons. The highest BCUT2D eigenvalue weighted by Gasteiger charge is 2.07. The third kappa shape index (κ3) is 3.89. The highest BCUT2D eigenvalue weighted by atomic mass is 32.1. The van der Waals surface area contributed by atoms with Crippen LogP contribution in [0.2, 0.25) is 0 Å². The van der Waals surface area contributed by atoms with Gasteiger partial charge in [-0.05, 0) is 30.0 Å². The molecular weight excluding hydrogens is 258 g/mol. The fourth-order valence-electron chi connectivity index (χ4n) is 1.70. The SMILES string of the molecule is CCCOc1cccc(OCCc2cccs2)c1N. The molecule has 0 aliphatic carbocycles. The van der Waals surface area contributed by atoms with Crippen LogP contribution in [0.5, 0.6) is 11.5 Å². The van der Waals surface area contributed by atoms with E-state index in [4.69, 9.17) is 15.2 Å². The van der Waals surface area contributed by atoms with E-state index < -0.39 is 0 Å². The number of rotatable bonds is 7. The third-order valence-corrected chi connectivity index (χ3v) is 3.61. The molecule has 0 atom stereocenters. The van der Waals surface area contributed by atoms with Crippen LogP contribution >= 0.6 is 11.3 Å². The number of anilines is 1. The van der Waals surface area contributed by atoms with E-state index in [0.29, 0.717) is 30.4 Å². The predicted octanol–water partition coefficient (Wildman–Crippen LogP) is 3.74. The van der Waals surface area contributed by atoms with Crippen molar-refractivity contribution in [1.82, 2.24) is 0 Å². The summed E-state index contributed by atoms with van der Waals surface area (Å²) in [5.74, 6) is 1.40. The van der Waals surface area contributed by atoms with E-state index >= 15 is 0 Å². The molecule has 0 bridgehead atoms. The molecule has 3 nitrogen and oxygen atoms in total. The average Bonchev–Trinajstić information content (AvgIpc) is 2.92. The van der Waals surface area contributed by atoms with Crippen molar-refractivity contribution in [2.75, 3.05) is 18.9 Å². The number of benzene rings is 1. The van der Waals surface area contributed by atoms with Gasteiger partial charge in [-0.3, -0.25) is 0 Å². The van der Waals surface area contributed by atoms with Crippen molar-refractivity contribution in [1.29, 1.82) is 0 Å². The Balaban J connectivity index is 1.92. The minimum absolute atomic E-state index is 0.585. The molecule has 19 heavy (non-hydrogen) atoms. The lowest BCUT2D eigenvalue weighted by atomic mass is 10.2. The maximum atomic E-state index is 6.04. The summed E-state index contributed by atoms with van der Waals surface area (Å²) in [6.45, 7) is 3.36. The molecule has 1 aromatic carbocycles. The Bertz CT molecular complexity index is 497. The molecule has 102 valence electrons. The van der Waals surface area contributed by atoms with Crippen LogP contribution in [-0.4, -0.2) is 13.2 Å². The summed E-state index contributed by atoms with van der Waals surface area (Å²) in [5.41, 5.74) is 6.62. The molecule has 4 heteroatoms. The maximum absolute atomic E-state index is 6.04. The molecular formula is C15H19NO2S. The molecule has 0 unspecified atom stereocenters. The molecule has 0 aliphatic heterocycles. The molecule has 0 spiro atoms. The smallest absolute Gasteiger partial charge is 0.146 e. The van der Waals surface area contributed by atoms with Gasteiger partial charge in [0.25, 0.3) is 0 Å². The Morgan fingerprint density at radius 2 is 1.79 bits per heavy atom. The Morgan fingerprint density at radius 1 is 1.05 bits per heavy atom. The fourth-order valence-corrected chi connectivity index (χ4v) is 2.39. The van der Waals surface area contributed by atoms with E-state index in [1.807, 2.05) is 24.3 Å². The quantitative estimate of drug-likeness (QED) is 0.784. The first-order chi connectivity index (χ1) is 9.31. The second-order valence-electron chi connectivity index (χ2n) is 4.19. The zero-order chi connectivity index (χ0) is 13.5. The summed E-state index contributed by atoms with van der Waals surface area (Å²) in [5, 5.41) is 2.07. The predicted molar refractivity (Wildman–Crippen MR) is 80.2 cm³/mol. The summed E-state index contributed by atoms with van der Waals surface area (Å²) in [7, 11) is 0. The van der Waals surface area contributed by atoms with Crippen molar-refractivity contribution < 1.29 is 9.47 Å². The Morgan fingerprint density at radius 3 is 2.42 bits per heavy atom. The van der Waals surface area contributed by atoms with Crippen molar-refractivity contribution in [2.45, 2.75) is 19.8 Å². The summed E-state index contributed by atoms with van der Waals surface area (Å²) in [6.07, 6.45) is 1.86. The number of thiophene rings is 1. The summed E-state index contributed by atoms with van der Waals surface area (Å²) in [6, 6.07) is 9.81. The van der Waals surface area contributed by atoms with Crippen LogP contribution in [0.4, 0.5) is 5.69 Å². The molecule has 2 aromatic rings. The van der Waals surface area contributed by atoms with Gasteiger partial charge in [-0.1, -0.05) is 19.1 Å². The third-order valence-electron chi connectivity index (χ3n) is 2.67. The van der Waals surface area contributed by atoms with Gasteiger partial charge < -0.3 is 15.2 Å². The lowest BCUT2D eigenvalue weighted by Crippen LogP contribution is -2.04. The first-order valence-corrected chi connectivity index (χ1v) is 7.35. The van der Waals surface area contributed by atoms with Crippen LogP contribution in [0.15, 0.2) is 35.7 Å². The molecule has 0 amide bonds. The van der Waals surface area contributed by atoms with Crippen LogP contribution < -0.4 is 15.2 Å². The second kappa shape index (κ2) is 7.04. The van der Waals surface area contributed by atoms with Gasteiger partial charge in [-0.2, -0.15) is 0 Å². The number of ether oxygens (including phenoxy) is 2. The molecule has 0 fully saturated rings. The monoisotopic (exact) mass is 277 g/mol. The first-order valence-electron chi connectivity index (χ1n) is 6.47. The van der Waals surface area contributed by atoms with Gasteiger partial charge in [0.05, 0.1) is 13.2 Å². The largest absolute Gasteiger partial charge is 0.491 e. The number of hydrogen-bond acceptors (Lipinski definition) is 4. The zero-order valence-corrected chi connectivity index (χ0v) is 11.9. The minimum Gasteiger partial charge on any atom is -0.491 e. The van der Waals surface area contributed by atoms with Gasteiger partial charge in [0.1, 0.15) is 17.2 Å². The minimum atomic E-state index is 0.585. The van der Waals surface area contributed by atoms with E-state index in [9.17, 15) is 0 Å². The highest BCUT2D eigenvalue weighted by molar-refractivity contribution is 7.09. The lowest BCUT2D eigenvalue weighted by molar-refractivity contribution is 0.307. The standard InChI is InChI=1S/C15H19NO2S/c1-2-9-17-13-6-3-7-14(15(13)16)18-10-8-12-5-4-11-19-12/h3-7,11H,2,8-10,16H2,1H3. The average molecular weight is 277 g/mol. The first kappa shape index (κ1) is 13.7. The second-order valence-corrected chi connectivity index (χ2v) is 5.23. The van der Waals surface area contributed by atoms with E-state index in [-0.39, 0.29) is 0 Å². The molecule has 0 saturated carbocycles. The van der Waals surface area contributed by atoms with Crippen molar-refractivity contribution >= 4 is 17.0 Å². The van der Waals surface area contributed by atoms with Gasteiger partial charge in [0.15, 0.2) is 0 Å². The van der Waals surface area contributed by atoms with Crippen LogP contribution in [0.1, 0.15) is 18.2 Å². The van der Waals surface area contributed by atoms with Gasteiger partial charge in [0.2, 0.25) is 0 Å². The Hall–Kier alpha value is -1.68. The maximum Gasteiger partial charge on any atom is 0.146 e. The topological polar surface area (TPSA) is 44.5 Å². The number of nitrogens with two attached hydrogens (primary N) is 1. The van der Waals surface area contributed by atoms with Gasteiger partial charge in [0, 0.05) is 11.3 Å². The summed E-state index contributed by atoms with van der Waals surface area (Å²) in [4.78, 5) is 1.32. The van der Waals surface area contributed by atoms with E-state index in [1.54, 1.807) is 11.3 Å². The molecule has 1 heterocycles. The molecule has 0 saturated heterocycles. The highest BCUT2D eigenvalue weighted by Crippen LogP contribution is 2.31. The number of para-hydroxylation sites is 1. The zero-order valence-electron chi connectivity index (χ0n) is 11.1. The van der Waals surface area contributed by atoms with Crippen LogP contribution in [0.25, 0.3) is 0 Å². The van der Waals surface area contributed by atoms with Gasteiger partial charge in [-0.15, -0.1) is 11.3 Å². The molecule has 2 rings (SSSR count). The van der Waals surface area contributed by atoms with Gasteiger partial charge >= 0.3 is 0 Å². The normalized spacial score (nSPS) is 10.4. The van der Waals surface area contributed by atoms with E-state index in [2.05, 4.69) is 18.4 Å². The lowest BCUT2D eigenvalue weighted by Gasteiger charge is -2.12. The van der Waals surface area contributed by atoms with Gasteiger partial charge in [-0.25, -0.2) is 0 Å². The van der Waals surface area contributed by atoms with E-state index in [1.165, 1.54) is 4.88 Å². The molecule has 0 aliphatic rings. The van der Waals surface area contributed by atoms with Crippen molar-refractivity contribution in [3.05, 3.63) is 40.6 Å². The van der Waals surface area contributed by atoms with Crippen molar-refractivity contribution in [2.24, 2.45) is 0 Å². The van der Waals surface area contributed by atoms with Crippen LogP contribution in [-0.2, 0) is 6.42 Å².